The third kappa shape index (κ3) is 2.93. The SMILES string of the molecule is Cc1ccc(C(=O)Nc2ccccc2C#N)cc1Cl. The zero-order valence-corrected chi connectivity index (χ0v) is 11.0. The van der Waals surface area contributed by atoms with Gasteiger partial charge in [-0.3, -0.25) is 4.79 Å². The molecule has 0 aliphatic rings. The van der Waals surface area contributed by atoms with Crippen LogP contribution in [0.25, 0.3) is 0 Å². The van der Waals surface area contributed by atoms with Crippen LogP contribution in [-0.2, 0) is 0 Å². The highest BCUT2D eigenvalue weighted by Gasteiger charge is 2.09. The highest BCUT2D eigenvalue weighted by Crippen LogP contribution is 2.19. The number of nitrogens with zero attached hydrogens (tertiary/aromatic N) is 1. The Morgan fingerprint density at radius 2 is 2.00 bits per heavy atom. The third-order valence-electron chi connectivity index (χ3n) is 2.73. The molecule has 0 atom stereocenters. The second kappa shape index (κ2) is 5.55. The molecule has 0 saturated heterocycles. The topological polar surface area (TPSA) is 52.9 Å². The molecular formula is C15H11ClN2O. The van der Waals surface area contributed by atoms with E-state index in [0.717, 1.165) is 5.56 Å². The lowest BCUT2D eigenvalue weighted by Crippen LogP contribution is -2.12. The molecule has 0 heterocycles. The monoisotopic (exact) mass is 270 g/mol. The average molecular weight is 271 g/mol. The zero-order valence-electron chi connectivity index (χ0n) is 10.3. The summed E-state index contributed by atoms with van der Waals surface area (Å²) in [7, 11) is 0. The van der Waals surface area contributed by atoms with E-state index in [1.54, 1.807) is 42.5 Å². The summed E-state index contributed by atoms with van der Waals surface area (Å²) in [4.78, 5) is 12.1. The molecule has 0 aliphatic carbocycles. The number of halogens is 1. The first-order valence-corrected chi connectivity index (χ1v) is 6.06. The number of para-hydroxylation sites is 1. The molecule has 0 bridgehead atoms. The van der Waals surface area contributed by atoms with E-state index >= 15 is 0 Å². The van der Waals surface area contributed by atoms with Crippen LogP contribution in [-0.4, -0.2) is 5.91 Å². The van der Waals surface area contributed by atoms with Crippen molar-refractivity contribution >= 4 is 23.2 Å². The minimum atomic E-state index is -0.287. The molecule has 2 aromatic rings. The van der Waals surface area contributed by atoms with E-state index in [1.165, 1.54) is 0 Å². The van der Waals surface area contributed by atoms with Crippen molar-refractivity contribution in [2.24, 2.45) is 0 Å². The first kappa shape index (κ1) is 13.1. The molecule has 2 rings (SSSR count). The zero-order chi connectivity index (χ0) is 13.8. The van der Waals surface area contributed by atoms with E-state index in [0.29, 0.717) is 21.8 Å². The highest BCUT2D eigenvalue weighted by molar-refractivity contribution is 6.31. The minimum absolute atomic E-state index is 0.287. The Kier molecular flexibility index (Phi) is 3.84. The van der Waals surface area contributed by atoms with E-state index in [9.17, 15) is 4.79 Å². The molecule has 3 nitrogen and oxygen atoms in total. The lowest BCUT2D eigenvalue weighted by atomic mass is 10.1. The number of benzene rings is 2. The van der Waals surface area contributed by atoms with E-state index < -0.39 is 0 Å². The highest BCUT2D eigenvalue weighted by atomic mass is 35.5. The number of hydrogen-bond acceptors (Lipinski definition) is 2. The summed E-state index contributed by atoms with van der Waals surface area (Å²) >= 11 is 5.99. The quantitative estimate of drug-likeness (QED) is 0.903. The number of rotatable bonds is 2. The van der Waals surface area contributed by atoms with E-state index in [-0.39, 0.29) is 5.91 Å². The van der Waals surface area contributed by atoms with E-state index in [4.69, 9.17) is 16.9 Å². The van der Waals surface area contributed by atoms with E-state index in [2.05, 4.69) is 5.32 Å². The van der Waals surface area contributed by atoms with Gasteiger partial charge in [0.25, 0.3) is 5.91 Å². The van der Waals surface area contributed by atoms with Gasteiger partial charge < -0.3 is 5.32 Å². The Morgan fingerprint density at radius 3 is 2.68 bits per heavy atom. The van der Waals surface area contributed by atoms with Crippen LogP contribution < -0.4 is 5.32 Å². The molecule has 4 heteroatoms. The number of carbonyl (C=O) groups excluding carboxylic acids is 1. The van der Waals surface area contributed by atoms with E-state index in [1.807, 2.05) is 13.0 Å². The number of nitriles is 1. The first-order chi connectivity index (χ1) is 9.11. The van der Waals surface area contributed by atoms with Crippen molar-refractivity contribution in [1.29, 1.82) is 5.26 Å². The standard InChI is InChI=1S/C15H11ClN2O/c1-10-6-7-11(8-13(10)16)15(19)18-14-5-3-2-4-12(14)9-17/h2-8H,1H3,(H,18,19). The van der Waals surface area contributed by atoms with Gasteiger partial charge in [-0.15, -0.1) is 0 Å². The Balaban J connectivity index is 2.26. The predicted octanol–water partition coefficient (Wildman–Crippen LogP) is 3.77. The van der Waals surface area contributed by atoms with Crippen molar-refractivity contribution in [2.45, 2.75) is 6.92 Å². The smallest absolute Gasteiger partial charge is 0.255 e. The predicted molar refractivity (Wildman–Crippen MR) is 75.3 cm³/mol. The molecule has 0 saturated carbocycles. The van der Waals surface area contributed by atoms with Crippen LogP contribution in [0, 0.1) is 18.3 Å². The van der Waals surface area contributed by atoms with Crippen molar-refractivity contribution in [2.75, 3.05) is 5.32 Å². The fourth-order valence-electron chi connectivity index (χ4n) is 1.62. The van der Waals surface area contributed by atoms with Gasteiger partial charge in [0.1, 0.15) is 6.07 Å². The molecule has 0 aliphatic heterocycles. The third-order valence-corrected chi connectivity index (χ3v) is 3.14. The molecule has 19 heavy (non-hydrogen) atoms. The van der Waals surface area contributed by atoms with Gasteiger partial charge in [-0.05, 0) is 36.8 Å². The van der Waals surface area contributed by atoms with Crippen molar-refractivity contribution in [1.82, 2.24) is 0 Å². The molecule has 0 unspecified atom stereocenters. The molecule has 1 N–H and O–H groups in total. The molecule has 0 radical (unpaired) electrons. The Bertz CT molecular complexity index is 674. The number of aryl methyl sites for hydroxylation is 1. The van der Waals surface area contributed by atoms with Gasteiger partial charge >= 0.3 is 0 Å². The first-order valence-electron chi connectivity index (χ1n) is 5.68. The normalized spacial score (nSPS) is 9.74. The van der Waals surface area contributed by atoms with Gasteiger partial charge in [0, 0.05) is 10.6 Å². The second-order valence-corrected chi connectivity index (χ2v) is 4.48. The van der Waals surface area contributed by atoms with Crippen LogP contribution in [0.4, 0.5) is 5.69 Å². The summed E-state index contributed by atoms with van der Waals surface area (Å²) in [6.45, 7) is 1.87. The fourth-order valence-corrected chi connectivity index (χ4v) is 1.80. The Hall–Kier alpha value is -2.31. The second-order valence-electron chi connectivity index (χ2n) is 4.08. The Labute approximate surface area is 116 Å². The van der Waals surface area contributed by atoms with Crippen LogP contribution in [0.3, 0.4) is 0 Å². The number of carbonyl (C=O) groups is 1. The summed E-state index contributed by atoms with van der Waals surface area (Å²) in [6, 6.07) is 14.0. The lowest BCUT2D eigenvalue weighted by molar-refractivity contribution is 0.102. The van der Waals surface area contributed by atoms with Crippen molar-refractivity contribution in [3.8, 4) is 6.07 Å². The maximum atomic E-state index is 12.1. The largest absolute Gasteiger partial charge is 0.321 e. The summed E-state index contributed by atoms with van der Waals surface area (Å²) in [5.41, 5.74) is 2.29. The van der Waals surface area contributed by atoms with Crippen molar-refractivity contribution < 1.29 is 4.79 Å². The molecule has 0 aromatic heterocycles. The van der Waals surface area contributed by atoms with Gasteiger partial charge in [0.05, 0.1) is 11.3 Å². The lowest BCUT2D eigenvalue weighted by Gasteiger charge is -2.07. The summed E-state index contributed by atoms with van der Waals surface area (Å²) < 4.78 is 0. The van der Waals surface area contributed by atoms with Gasteiger partial charge in [-0.2, -0.15) is 5.26 Å². The summed E-state index contributed by atoms with van der Waals surface area (Å²) in [5.74, 6) is -0.287. The van der Waals surface area contributed by atoms with Crippen molar-refractivity contribution in [3.05, 3.63) is 64.2 Å². The summed E-state index contributed by atoms with van der Waals surface area (Å²) in [5, 5.41) is 12.2. The number of amides is 1. The van der Waals surface area contributed by atoms with Gasteiger partial charge in [0.15, 0.2) is 0 Å². The van der Waals surface area contributed by atoms with Gasteiger partial charge in [0.2, 0.25) is 0 Å². The van der Waals surface area contributed by atoms with Crippen LogP contribution in [0.1, 0.15) is 21.5 Å². The maximum absolute atomic E-state index is 12.1. The van der Waals surface area contributed by atoms with Crippen molar-refractivity contribution in [3.63, 3.8) is 0 Å². The van der Waals surface area contributed by atoms with Crippen LogP contribution in [0.2, 0.25) is 5.02 Å². The molecule has 94 valence electrons. The minimum Gasteiger partial charge on any atom is -0.321 e. The molecule has 0 fully saturated rings. The van der Waals surface area contributed by atoms with Gasteiger partial charge in [-0.25, -0.2) is 0 Å². The van der Waals surface area contributed by atoms with Crippen LogP contribution >= 0.6 is 11.6 Å². The molecule has 2 aromatic carbocycles. The Morgan fingerprint density at radius 1 is 1.26 bits per heavy atom. The maximum Gasteiger partial charge on any atom is 0.255 e. The molecule has 0 spiro atoms. The number of anilines is 1. The van der Waals surface area contributed by atoms with Gasteiger partial charge in [-0.1, -0.05) is 29.8 Å². The van der Waals surface area contributed by atoms with Crippen LogP contribution in [0.15, 0.2) is 42.5 Å². The van der Waals surface area contributed by atoms with Crippen LogP contribution in [0.5, 0.6) is 0 Å². The molecule has 1 amide bonds. The number of nitrogens with one attached hydrogen (secondary N) is 1. The fraction of sp³-hybridized carbons (Fsp3) is 0.0667. The summed E-state index contributed by atoms with van der Waals surface area (Å²) in [6.07, 6.45) is 0. The number of hydrogen-bond donors (Lipinski definition) is 1. The average Bonchev–Trinajstić information content (AvgIpc) is 2.42. The molecular weight excluding hydrogens is 260 g/mol.